The Morgan fingerprint density at radius 1 is 1.15 bits per heavy atom. The third-order valence-corrected chi connectivity index (χ3v) is 5.83. The van der Waals surface area contributed by atoms with E-state index in [0.717, 1.165) is 50.8 Å². The highest BCUT2D eigenvalue weighted by Gasteiger charge is 2.50. The van der Waals surface area contributed by atoms with Crippen molar-refractivity contribution in [2.24, 2.45) is 18.4 Å². The highest BCUT2D eigenvalue weighted by molar-refractivity contribution is 5.73. The van der Waals surface area contributed by atoms with E-state index in [2.05, 4.69) is 21.2 Å². The Labute approximate surface area is 219 Å². The molecular formula is C23H28F6N4O6. The topological polar surface area (TPSA) is 127 Å². The molecule has 2 atom stereocenters. The number of ether oxygens (including phenoxy) is 2. The largest absolute Gasteiger partial charge is 0.490 e. The number of carboxylic acid groups (broad SMARTS) is 2. The first kappa shape index (κ1) is 32.0. The van der Waals surface area contributed by atoms with Crippen LogP contribution in [-0.2, 0) is 39.3 Å². The Balaban J connectivity index is 0.000000317. The maximum Gasteiger partial charge on any atom is 0.490 e. The molecule has 218 valence electrons. The average molecular weight is 570 g/mol. The highest BCUT2D eigenvalue weighted by Crippen LogP contribution is 2.42. The van der Waals surface area contributed by atoms with E-state index in [-0.39, 0.29) is 5.41 Å². The molecule has 0 aromatic carbocycles. The Kier molecular flexibility index (Phi) is 10.8. The number of fused-ring (bicyclic) bond motifs is 1. The number of halogens is 6. The molecule has 39 heavy (non-hydrogen) atoms. The fourth-order valence-electron chi connectivity index (χ4n) is 4.12. The fraction of sp³-hybridized carbons (Fsp3) is 0.565. The van der Waals surface area contributed by atoms with Gasteiger partial charge in [-0.05, 0) is 19.1 Å². The molecule has 0 radical (unpaired) electrons. The number of rotatable bonds is 6. The molecule has 0 bridgehead atoms. The second-order valence-electron chi connectivity index (χ2n) is 9.14. The van der Waals surface area contributed by atoms with Crippen molar-refractivity contribution in [2.75, 3.05) is 32.9 Å². The van der Waals surface area contributed by atoms with Crippen molar-refractivity contribution in [1.29, 1.82) is 0 Å². The van der Waals surface area contributed by atoms with Crippen molar-refractivity contribution in [3.63, 3.8) is 0 Å². The standard InChI is InChI=1S/C19H26N4O2.2C2HF3O2/c1-15-4-3-5-18(21-15)11-25-14-19-12-23(9-17(19)10-24-13-19)8-16-6-20-22(2)7-16;2*3-2(4,5)1(6)7/h3-7,17H,8-14H2,1-2H3;2*(H,6,7)/t17-,19+;;/m1../s1. The summed E-state index contributed by atoms with van der Waals surface area (Å²) in [6.07, 6.45) is -6.12. The minimum atomic E-state index is -5.08. The number of aryl methyl sites for hydroxylation is 2. The van der Waals surface area contributed by atoms with Crippen LogP contribution in [0, 0.1) is 18.3 Å². The summed E-state index contributed by atoms with van der Waals surface area (Å²) in [4.78, 5) is 24.8. The second kappa shape index (κ2) is 13.2. The number of hydrogen-bond donors (Lipinski definition) is 2. The zero-order valence-electron chi connectivity index (χ0n) is 21.0. The van der Waals surface area contributed by atoms with Crippen LogP contribution in [0.5, 0.6) is 0 Å². The molecule has 0 aliphatic carbocycles. The predicted octanol–water partition coefficient (Wildman–Crippen LogP) is 3.06. The zero-order chi connectivity index (χ0) is 29.4. The monoisotopic (exact) mass is 570 g/mol. The number of aliphatic carboxylic acids is 2. The third kappa shape index (κ3) is 10.1. The molecule has 0 unspecified atom stereocenters. The molecule has 10 nitrogen and oxygen atoms in total. The zero-order valence-corrected chi connectivity index (χ0v) is 21.0. The number of carboxylic acids is 2. The van der Waals surface area contributed by atoms with Gasteiger partial charge in [-0.1, -0.05) is 6.07 Å². The molecule has 4 heterocycles. The molecule has 2 fully saturated rings. The second-order valence-corrected chi connectivity index (χ2v) is 9.14. The van der Waals surface area contributed by atoms with Crippen molar-refractivity contribution >= 4 is 11.9 Å². The van der Waals surface area contributed by atoms with E-state index in [1.54, 1.807) is 0 Å². The summed E-state index contributed by atoms with van der Waals surface area (Å²) in [5.74, 6) is -4.96. The van der Waals surface area contributed by atoms with Crippen molar-refractivity contribution in [3.05, 3.63) is 47.5 Å². The summed E-state index contributed by atoms with van der Waals surface area (Å²) in [5.41, 5.74) is 3.41. The molecule has 4 rings (SSSR count). The first-order valence-corrected chi connectivity index (χ1v) is 11.4. The van der Waals surface area contributed by atoms with Gasteiger partial charge in [0.2, 0.25) is 0 Å². The van der Waals surface area contributed by atoms with E-state index in [1.807, 2.05) is 43.0 Å². The van der Waals surface area contributed by atoms with Gasteiger partial charge >= 0.3 is 24.3 Å². The summed E-state index contributed by atoms with van der Waals surface area (Å²) in [5, 5.41) is 18.5. The Bertz CT molecular complexity index is 1090. The van der Waals surface area contributed by atoms with Crippen LogP contribution in [0.3, 0.4) is 0 Å². The van der Waals surface area contributed by atoms with E-state index in [9.17, 15) is 26.3 Å². The van der Waals surface area contributed by atoms with Crippen molar-refractivity contribution in [2.45, 2.75) is 32.4 Å². The lowest BCUT2D eigenvalue weighted by molar-refractivity contribution is -0.193. The number of pyridine rings is 1. The van der Waals surface area contributed by atoms with Gasteiger partial charge in [-0.15, -0.1) is 0 Å². The number of aromatic nitrogens is 3. The summed E-state index contributed by atoms with van der Waals surface area (Å²) >= 11 is 0. The van der Waals surface area contributed by atoms with Gasteiger partial charge in [0.05, 0.1) is 38.3 Å². The van der Waals surface area contributed by atoms with Gasteiger partial charge in [-0.25, -0.2) is 9.59 Å². The molecule has 2 aromatic heterocycles. The molecule has 0 amide bonds. The highest BCUT2D eigenvalue weighted by atomic mass is 19.4. The summed E-state index contributed by atoms with van der Waals surface area (Å²) < 4.78 is 77.2. The van der Waals surface area contributed by atoms with E-state index in [1.165, 1.54) is 5.56 Å². The van der Waals surface area contributed by atoms with Crippen LogP contribution in [0.15, 0.2) is 30.6 Å². The van der Waals surface area contributed by atoms with Crippen LogP contribution in [0.25, 0.3) is 0 Å². The van der Waals surface area contributed by atoms with Crippen LogP contribution >= 0.6 is 0 Å². The van der Waals surface area contributed by atoms with Gasteiger partial charge in [0.25, 0.3) is 0 Å². The summed E-state index contributed by atoms with van der Waals surface area (Å²) in [6.45, 7) is 7.99. The van der Waals surface area contributed by atoms with Crippen molar-refractivity contribution in [1.82, 2.24) is 19.7 Å². The predicted molar refractivity (Wildman–Crippen MR) is 121 cm³/mol. The third-order valence-electron chi connectivity index (χ3n) is 5.83. The molecule has 2 saturated heterocycles. The SMILES string of the molecule is Cc1cccc(COC[C@]23COC[C@H]2CN(Cc2cnn(C)c2)C3)n1.O=C(O)C(F)(F)F.O=C(O)C(F)(F)F. The summed E-state index contributed by atoms with van der Waals surface area (Å²) in [6, 6.07) is 6.07. The minimum Gasteiger partial charge on any atom is -0.475 e. The van der Waals surface area contributed by atoms with Gasteiger partial charge in [0, 0.05) is 55.5 Å². The van der Waals surface area contributed by atoms with Gasteiger partial charge in [0.15, 0.2) is 0 Å². The van der Waals surface area contributed by atoms with Crippen molar-refractivity contribution in [3.8, 4) is 0 Å². The Morgan fingerprint density at radius 2 is 1.77 bits per heavy atom. The Morgan fingerprint density at radius 3 is 2.28 bits per heavy atom. The number of nitrogens with zero attached hydrogens (tertiary/aromatic N) is 4. The van der Waals surface area contributed by atoms with E-state index in [0.29, 0.717) is 12.5 Å². The van der Waals surface area contributed by atoms with Gasteiger partial charge in [-0.3, -0.25) is 14.6 Å². The molecule has 2 aromatic rings. The van der Waals surface area contributed by atoms with Crippen LogP contribution in [0.1, 0.15) is 17.0 Å². The Hall–Kier alpha value is -3.24. The number of alkyl halides is 6. The lowest BCUT2D eigenvalue weighted by atomic mass is 9.82. The maximum absolute atomic E-state index is 10.6. The first-order valence-electron chi connectivity index (χ1n) is 11.4. The van der Waals surface area contributed by atoms with Crippen LogP contribution in [-0.4, -0.2) is 87.1 Å². The normalized spacial score (nSPS) is 20.9. The molecule has 0 spiro atoms. The van der Waals surface area contributed by atoms with Crippen LogP contribution < -0.4 is 0 Å². The minimum absolute atomic E-state index is 0.117. The summed E-state index contributed by atoms with van der Waals surface area (Å²) in [7, 11) is 1.96. The van der Waals surface area contributed by atoms with Crippen LogP contribution in [0.4, 0.5) is 26.3 Å². The molecular weight excluding hydrogens is 542 g/mol. The lowest BCUT2D eigenvalue weighted by Gasteiger charge is -2.27. The average Bonchev–Trinajstić information content (AvgIpc) is 3.47. The van der Waals surface area contributed by atoms with Gasteiger partial charge in [-0.2, -0.15) is 31.4 Å². The maximum atomic E-state index is 10.6. The number of likely N-dealkylation sites (tertiary alicyclic amines) is 1. The van der Waals surface area contributed by atoms with E-state index in [4.69, 9.17) is 29.3 Å². The smallest absolute Gasteiger partial charge is 0.475 e. The van der Waals surface area contributed by atoms with Gasteiger partial charge in [0.1, 0.15) is 0 Å². The molecule has 0 saturated carbocycles. The quantitative estimate of drug-likeness (QED) is 0.504. The van der Waals surface area contributed by atoms with Gasteiger partial charge < -0.3 is 19.7 Å². The van der Waals surface area contributed by atoms with Crippen LogP contribution in [0.2, 0.25) is 0 Å². The fourth-order valence-corrected chi connectivity index (χ4v) is 4.12. The van der Waals surface area contributed by atoms with Crippen molar-refractivity contribution < 1.29 is 55.6 Å². The lowest BCUT2D eigenvalue weighted by Crippen LogP contribution is -2.35. The van der Waals surface area contributed by atoms with E-state index < -0.39 is 24.3 Å². The molecule has 2 aliphatic heterocycles. The van der Waals surface area contributed by atoms with E-state index >= 15 is 0 Å². The number of hydrogen-bond acceptors (Lipinski definition) is 7. The molecule has 2 aliphatic rings. The number of carbonyl (C=O) groups is 2. The molecule has 16 heteroatoms. The molecule has 2 N–H and O–H groups in total. The first-order chi connectivity index (χ1) is 18.0.